The van der Waals surface area contributed by atoms with Crippen molar-refractivity contribution in [2.45, 2.75) is 18.9 Å². The third kappa shape index (κ3) is 3.36. The van der Waals surface area contributed by atoms with Crippen LogP contribution in [0.25, 0.3) is 11.1 Å². The summed E-state index contributed by atoms with van der Waals surface area (Å²) in [7, 11) is 0. The molecule has 0 radical (unpaired) electrons. The topological polar surface area (TPSA) is 89.9 Å². The van der Waals surface area contributed by atoms with Crippen LogP contribution in [0.3, 0.4) is 0 Å². The maximum Gasteiger partial charge on any atom is 0.253 e. The third-order valence-electron chi connectivity index (χ3n) is 6.44. The zero-order chi connectivity index (χ0) is 22.2. The normalized spacial score (nSPS) is 18.9. The Hall–Kier alpha value is -4.16. The van der Waals surface area contributed by atoms with E-state index in [1.54, 1.807) is 36.4 Å². The Labute approximate surface area is 185 Å². The number of amides is 1. The first-order valence-corrected chi connectivity index (χ1v) is 10.6. The lowest BCUT2D eigenvalue weighted by Crippen LogP contribution is -2.49. The average molecular weight is 420 g/mol. The van der Waals surface area contributed by atoms with Crippen molar-refractivity contribution in [3.05, 3.63) is 93.4 Å². The molecule has 3 aromatic rings. The van der Waals surface area contributed by atoms with Gasteiger partial charge in [-0.2, -0.15) is 10.5 Å². The number of pyridine rings is 1. The predicted octanol–water partition coefficient (Wildman–Crippen LogP) is 3.52. The number of nitrogens with zero attached hydrogens (tertiary/aromatic N) is 4. The van der Waals surface area contributed by atoms with E-state index in [2.05, 4.69) is 12.1 Å². The summed E-state index contributed by atoms with van der Waals surface area (Å²) in [5.74, 6) is 0.199. The van der Waals surface area contributed by atoms with Gasteiger partial charge < -0.3 is 9.47 Å². The molecule has 0 saturated carbocycles. The van der Waals surface area contributed by atoms with Gasteiger partial charge in [-0.25, -0.2) is 0 Å². The number of fused-ring (bicyclic) bond motifs is 4. The summed E-state index contributed by atoms with van der Waals surface area (Å²) in [5.41, 5.74) is 4.43. The number of nitriles is 2. The van der Waals surface area contributed by atoms with Crippen molar-refractivity contribution >= 4 is 5.91 Å². The highest BCUT2D eigenvalue weighted by molar-refractivity contribution is 5.94. The number of piperidine rings is 1. The van der Waals surface area contributed by atoms with Crippen LogP contribution >= 0.6 is 0 Å². The van der Waals surface area contributed by atoms with Gasteiger partial charge in [0, 0.05) is 48.4 Å². The maximum atomic E-state index is 13.2. The van der Waals surface area contributed by atoms with Crippen LogP contribution in [0, 0.1) is 28.6 Å². The second kappa shape index (κ2) is 7.83. The summed E-state index contributed by atoms with van der Waals surface area (Å²) >= 11 is 0. The average Bonchev–Trinajstić information content (AvgIpc) is 2.84. The van der Waals surface area contributed by atoms with Gasteiger partial charge in [0.05, 0.1) is 23.3 Å². The fraction of sp³-hybridized carbons (Fsp3) is 0.231. The minimum atomic E-state index is -0.0519. The number of hydrogen-bond acceptors (Lipinski definition) is 4. The van der Waals surface area contributed by atoms with Gasteiger partial charge in [0.2, 0.25) is 0 Å². The molecule has 1 amide bonds. The quantitative estimate of drug-likeness (QED) is 0.634. The highest BCUT2D eigenvalue weighted by Crippen LogP contribution is 2.40. The lowest BCUT2D eigenvalue weighted by molar-refractivity contribution is 0.0595. The van der Waals surface area contributed by atoms with Crippen LogP contribution in [0.4, 0.5) is 0 Å². The number of aromatic nitrogens is 1. The Kier molecular flexibility index (Phi) is 4.84. The molecule has 1 aromatic heterocycles. The van der Waals surface area contributed by atoms with Gasteiger partial charge in [0.25, 0.3) is 11.5 Å². The van der Waals surface area contributed by atoms with Gasteiger partial charge in [-0.15, -0.1) is 0 Å². The third-order valence-corrected chi connectivity index (χ3v) is 6.44. The van der Waals surface area contributed by atoms with Gasteiger partial charge in [-0.1, -0.05) is 12.1 Å². The zero-order valence-electron chi connectivity index (χ0n) is 17.4. The van der Waals surface area contributed by atoms with Crippen LogP contribution in [0.2, 0.25) is 0 Å². The second-order valence-corrected chi connectivity index (χ2v) is 8.47. The van der Waals surface area contributed by atoms with E-state index < -0.39 is 0 Å². The monoisotopic (exact) mass is 420 g/mol. The number of hydrogen-bond donors (Lipinski definition) is 0. The van der Waals surface area contributed by atoms with Crippen LogP contribution < -0.4 is 5.56 Å². The lowest BCUT2D eigenvalue weighted by atomic mass is 9.80. The molecule has 0 spiro atoms. The Bertz CT molecular complexity index is 1360. The molecule has 2 unspecified atom stereocenters. The van der Waals surface area contributed by atoms with E-state index in [-0.39, 0.29) is 23.3 Å². The Balaban J connectivity index is 1.52. The highest BCUT2D eigenvalue weighted by atomic mass is 16.2. The fourth-order valence-electron chi connectivity index (χ4n) is 5.05. The highest BCUT2D eigenvalue weighted by Gasteiger charge is 2.38. The van der Waals surface area contributed by atoms with Crippen LogP contribution in [0.15, 0.2) is 65.5 Å². The predicted molar refractivity (Wildman–Crippen MR) is 119 cm³/mol. The molecule has 2 aliphatic heterocycles. The van der Waals surface area contributed by atoms with Gasteiger partial charge in [-0.3, -0.25) is 9.59 Å². The van der Waals surface area contributed by atoms with Crippen LogP contribution in [-0.4, -0.2) is 28.5 Å². The molecule has 2 aromatic carbocycles. The Morgan fingerprint density at radius 3 is 2.44 bits per heavy atom. The molecule has 0 aliphatic carbocycles. The molecule has 2 bridgehead atoms. The smallest absolute Gasteiger partial charge is 0.253 e. The molecule has 5 rings (SSSR count). The van der Waals surface area contributed by atoms with Crippen molar-refractivity contribution in [3.63, 3.8) is 0 Å². The van der Waals surface area contributed by atoms with Crippen molar-refractivity contribution in [3.8, 4) is 23.3 Å². The first kappa shape index (κ1) is 19.8. The van der Waals surface area contributed by atoms with Crippen molar-refractivity contribution < 1.29 is 4.79 Å². The molecule has 32 heavy (non-hydrogen) atoms. The van der Waals surface area contributed by atoms with Gasteiger partial charge in [0.15, 0.2) is 0 Å². The largest absolute Gasteiger partial charge is 0.338 e. The molecule has 2 aliphatic rings. The molecular weight excluding hydrogens is 400 g/mol. The number of rotatable bonds is 2. The summed E-state index contributed by atoms with van der Waals surface area (Å²) in [6, 6.07) is 21.8. The van der Waals surface area contributed by atoms with Crippen LogP contribution in [0.1, 0.15) is 39.5 Å². The van der Waals surface area contributed by atoms with Crippen LogP contribution in [-0.2, 0) is 6.54 Å². The maximum absolute atomic E-state index is 13.2. The minimum Gasteiger partial charge on any atom is -0.338 e. The first-order chi connectivity index (χ1) is 15.6. The molecule has 1 saturated heterocycles. The van der Waals surface area contributed by atoms with Crippen molar-refractivity contribution in [1.29, 1.82) is 10.5 Å². The van der Waals surface area contributed by atoms with Crippen LogP contribution in [0.5, 0.6) is 0 Å². The van der Waals surface area contributed by atoms with E-state index in [0.717, 1.165) is 23.2 Å². The lowest BCUT2D eigenvalue weighted by Gasteiger charge is -2.43. The number of carbonyl (C=O) groups excluding carboxylic acids is 1. The molecule has 6 heteroatoms. The molecule has 156 valence electrons. The summed E-state index contributed by atoms with van der Waals surface area (Å²) < 4.78 is 1.86. The summed E-state index contributed by atoms with van der Waals surface area (Å²) in [4.78, 5) is 27.8. The summed E-state index contributed by atoms with van der Waals surface area (Å²) in [5, 5.41) is 18.3. The first-order valence-electron chi connectivity index (χ1n) is 10.6. The molecular formula is C26H20N4O2. The molecule has 2 atom stereocenters. The minimum absolute atomic E-state index is 0.0262. The zero-order valence-corrected chi connectivity index (χ0v) is 17.4. The van der Waals surface area contributed by atoms with E-state index in [4.69, 9.17) is 5.26 Å². The Morgan fingerprint density at radius 2 is 1.69 bits per heavy atom. The molecule has 0 N–H and O–H groups in total. The summed E-state index contributed by atoms with van der Waals surface area (Å²) in [6.07, 6.45) is 0.922. The summed E-state index contributed by atoms with van der Waals surface area (Å²) in [6.45, 7) is 1.71. The Morgan fingerprint density at radius 1 is 0.906 bits per heavy atom. The van der Waals surface area contributed by atoms with Gasteiger partial charge >= 0.3 is 0 Å². The van der Waals surface area contributed by atoms with Crippen molar-refractivity contribution in [2.75, 3.05) is 13.1 Å². The van der Waals surface area contributed by atoms with E-state index in [0.29, 0.717) is 36.3 Å². The number of benzene rings is 2. The standard InChI is InChI=1S/C26H20N4O2/c27-12-17-4-6-20(7-5-17)26(32)29-14-19-11-22(16-29)25-23(8-9-24(31)30(25)15-19)21-3-1-2-18(10-21)13-28/h1-10,19,22H,11,14-16H2. The molecule has 3 heterocycles. The van der Waals surface area contributed by atoms with Crippen molar-refractivity contribution in [1.82, 2.24) is 9.47 Å². The fourth-order valence-corrected chi connectivity index (χ4v) is 5.05. The van der Waals surface area contributed by atoms with Gasteiger partial charge in [0.1, 0.15) is 0 Å². The number of likely N-dealkylation sites (tertiary alicyclic amines) is 1. The SMILES string of the molecule is N#Cc1ccc(C(=O)N2CC3CC(C2)c2c(-c4cccc(C#N)c4)ccc(=O)n2C3)cc1. The molecule has 1 fully saturated rings. The second-order valence-electron chi connectivity index (χ2n) is 8.47. The van der Waals surface area contributed by atoms with Gasteiger partial charge in [-0.05, 0) is 60.4 Å². The van der Waals surface area contributed by atoms with E-state index in [1.807, 2.05) is 33.7 Å². The van der Waals surface area contributed by atoms with E-state index in [9.17, 15) is 14.9 Å². The van der Waals surface area contributed by atoms with E-state index >= 15 is 0 Å². The van der Waals surface area contributed by atoms with E-state index in [1.165, 1.54) is 0 Å². The van der Waals surface area contributed by atoms with Crippen molar-refractivity contribution in [2.24, 2.45) is 5.92 Å². The molecule has 6 nitrogen and oxygen atoms in total. The number of carbonyl (C=O) groups is 1.